The molecule has 0 fully saturated rings. The second-order valence-electron chi connectivity index (χ2n) is 9.05. The van der Waals surface area contributed by atoms with E-state index in [0.717, 1.165) is 12.1 Å². The van der Waals surface area contributed by atoms with Crippen molar-refractivity contribution >= 4 is 23.5 Å². The van der Waals surface area contributed by atoms with Crippen LogP contribution in [0.4, 0.5) is 28.0 Å². The number of aliphatic imine (C=N–C) groups is 1. The molecule has 2 heterocycles. The summed E-state index contributed by atoms with van der Waals surface area (Å²) in [7, 11) is 0. The highest BCUT2D eigenvalue weighted by molar-refractivity contribution is 6.03. The molecule has 2 aromatic rings. The van der Waals surface area contributed by atoms with Gasteiger partial charge in [0.25, 0.3) is 5.91 Å². The maximum Gasteiger partial charge on any atom is 0.413 e. The van der Waals surface area contributed by atoms with Gasteiger partial charge in [0.2, 0.25) is 0 Å². The first-order valence-electron chi connectivity index (χ1n) is 10.9. The molecule has 0 aliphatic carbocycles. The van der Waals surface area contributed by atoms with Crippen molar-refractivity contribution < 1.29 is 36.6 Å². The zero-order valence-electron chi connectivity index (χ0n) is 20.0. The van der Waals surface area contributed by atoms with E-state index in [1.54, 1.807) is 20.8 Å². The lowest BCUT2D eigenvalue weighted by Gasteiger charge is -2.25. The van der Waals surface area contributed by atoms with E-state index in [0.29, 0.717) is 0 Å². The Balaban J connectivity index is 1.94. The average Bonchev–Trinajstić information content (AvgIpc) is 3.01. The largest absolute Gasteiger partial charge is 0.444 e. The molecule has 1 aromatic heterocycles. The minimum Gasteiger partial charge on any atom is -0.444 e. The summed E-state index contributed by atoms with van der Waals surface area (Å²) in [4.78, 5) is 32.5. The van der Waals surface area contributed by atoms with Gasteiger partial charge >= 0.3 is 12.3 Å². The van der Waals surface area contributed by atoms with Gasteiger partial charge in [-0.3, -0.25) is 15.1 Å². The first-order valence-corrected chi connectivity index (χ1v) is 10.9. The lowest BCUT2D eigenvalue weighted by atomic mass is 9.92. The fourth-order valence-electron chi connectivity index (χ4n) is 3.36. The molecular formula is C24H23F4N5O4. The third kappa shape index (κ3) is 7.47. The second-order valence-corrected chi connectivity index (χ2v) is 9.05. The van der Waals surface area contributed by atoms with Gasteiger partial charge in [-0.1, -0.05) is 0 Å². The molecule has 2 amide bonds. The van der Waals surface area contributed by atoms with Gasteiger partial charge in [0, 0.05) is 17.4 Å². The molecular weight excluding hydrogens is 498 g/mol. The van der Waals surface area contributed by atoms with Crippen molar-refractivity contribution in [1.82, 2.24) is 10.3 Å². The second kappa shape index (κ2) is 10.9. The summed E-state index contributed by atoms with van der Waals surface area (Å²) >= 11 is 0. The van der Waals surface area contributed by atoms with E-state index in [4.69, 9.17) is 14.7 Å². The van der Waals surface area contributed by atoms with Crippen molar-refractivity contribution in [2.45, 2.75) is 38.6 Å². The molecule has 0 saturated heterocycles. The van der Waals surface area contributed by atoms with E-state index >= 15 is 0 Å². The fourth-order valence-corrected chi connectivity index (χ4v) is 3.36. The average molecular weight is 521 g/mol. The fraction of sp³-hybridized carbons (Fsp3) is 0.375. The first-order chi connectivity index (χ1) is 17.3. The minimum absolute atomic E-state index is 0.0181. The van der Waals surface area contributed by atoms with Crippen LogP contribution in [-0.2, 0) is 9.47 Å². The number of nitrogens with one attached hydrogen (secondary N) is 2. The number of halogens is 4. The predicted molar refractivity (Wildman–Crippen MR) is 123 cm³/mol. The molecule has 1 aliphatic heterocycles. The van der Waals surface area contributed by atoms with Gasteiger partial charge in [0.05, 0.1) is 18.2 Å². The van der Waals surface area contributed by atoms with Crippen molar-refractivity contribution in [3.8, 4) is 6.07 Å². The molecule has 0 bridgehead atoms. The van der Waals surface area contributed by atoms with E-state index in [2.05, 4.69) is 20.6 Å². The summed E-state index contributed by atoms with van der Waals surface area (Å²) in [5.74, 6) is -4.25. The number of hydrogen-bond donors (Lipinski definition) is 2. The monoisotopic (exact) mass is 521 g/mol. The number of nitriles is 1. The summed E-state index contributed by atoms with van der Waals surface area (Å²) in [6, 6.07) is 5.77. The van der Waals surface area contributed by atoms with Gasteiger partial charge in [-0.2, -0.15) is 18.4 Å². The Morgan fingerprint density at radius 2 is 1.89 bits per heavy atom. The molecule has 2 unspecified atom stereocenters. The third-order valence-electron chi connectivity index (χ3n) is 4.98. The lowest BCUT2D eigenvalue weighted by molar-refractivity contribution is -0.192. The number of benzene rings is 1. The third-order valence-corrected chi connectivity index (χ3v) is 4.98. The summed E-state index contributed by atoms with van der Waals surface area (Å²) in [5, 5.41) is 13.5. The van der Waals surface area contributed by atoms with Crippen LogP contribution in [0.15, 0.2) is 41.5 Å². The van der Waals surface area contributed by atoms with Crippen LogP contribution in [0.5, 0.6) is 0 Å². The van der Waals surface area contributed by atoms with E-state index in [9.17, 15) is 27.2 Å². The van der Waals surface area contributed by atoms with Crippen LogP contribution in [0.3, 0.4) is 0 Å². The van der Waals surface area contributed by atoms with Gasteiger partial charge in [0.1, 0.15) is 41.5 Å². The van der Waals surface area contributed by atoms with Crippen LogP contribution in [0.25, 0.3) is 0 Å². The number of aromatic nitrogens is 1. The van der Waals surface area contributed by atoms with Gasteiger partial charge in [-0.25, -0.2) is 14.2 Å². The molecule has 1 aliphatic rings. The number of ether oxygens (including phenoxy) is 2. The number of hydrogen-bond acceptors (Lipinski definition) is 7. The van der Waals surface area contributed by atoms with E-state index in [-0.39, 0.29) is 22.8 Å². The smallest absolute Gasteiger partial charge is 0.413 e. The SMILES string of the molecule is CC(C)(C)OC(=O)NC1=NC(c2cc(NC(=O)c3ccc(C#N)cn3)ccc2F)C(C(F)(F)F)COC1. The van der Waals surface area contributed by atoms with Crippen LogP contribution in [-0.4, -0.2) is 47.8 Å². The summed E-state index contributed by atoms with van der Waals surface area (Å²) < 4.78 is 66.8. The molecule has 1 aromatic carbocycles. The summed E-state index contributed by atoms with van der Waals surface area (Å²) in [5.41, 5.74) is -1.21. The number of nitrogens with zero attached hydrogens (tertiary/aromatic N) is 3. The quantitative estimate of drug-likeness (QED) is 0.573. The first kappa shape index (κ1) is 27.5. The molecule has 13 heteroatoms. The number of pyridine rings is 1. The van der Waals surface area contributed by atoms with E-state index < -0.39 is 60.3 Å². The Bertz CT molecular complexity index is 1230. The number of alkyl halides is 3. The van der Waals surface area contributed by atoms with Crippen molar-refractivity contribution in [3.05, 3.63) is 59.2 Å². The maximum absolute atomic E-state index is 14.9. The lowest BCUT2D eigenvalue weighted by Crippen LogP contribution is -2.38. The van der Waals surface area contributed by atoms with E-state index in [1.165, 1.54) is 24.4 Å². The molecule has 3 rings (SSSR count). The topological polar surface area (TPSA) is 126 Å². The van der Waals surface area contributed by atoms with Crippen LogP contribution in [0, 0.1) is 23.1 Å². The maximum atomic E-state index is 14.9. The number of alkyl carbamates (subject to hydrolysis) is 1. The Kier molecular flexibility index (Phi) is 8.12. The molecule has 2 N–H and O–H groups in total. The zero-order chi connectivity index (χ0) is 27.4. The molecule has 0 radical (unpaired) electrons. The van der Waals surface area contributed by atoms with Crippen molar-refractivity contribution in [3.63, 3.8) is 0 Å². The molecule has 2 atom stereocenters. The van der Waals surface area contributed by atoms with Crippen LogP contribution >= 0.6 is 0 Å². The van der Waals surface area contributed by atoms with Gasteiger partial charge in [-0.05, 0) is 51.1 Å². The Morgan fingerprint density at radius 1 is 1.16 bits per heavy atom. The van der Waals surface area contributed by atoms with E-state index in [1.807, 2.05) is 6.07 Å². The minimum atomic E-state index is -4.83. The molecule has 196 valence electrons. The number of rotatable bonds is 3. The zero-order valence-corrected chi connectivity index (χ0v) is 20.0. The normalized spacial score (nSPS) is 18.2. The van der Waals surface area contributed by atoms with Crippen LogP contribution < -0.4 is 10.6 Å². The number of carbonyl (C=O) groups excluding carboxylic acids is 2. The summed E-state index contributed by atoms with van der Waals surface area (Å²) in [6.45, 7) is 3.49. The Labute approximate surface area is 209 Å². The highest BCUT2D eigenvalue weighted by Crippen LogP contribution is 2.41. The summed E-state index contributed by atoms with van der Waals surface area (Å²) in [6.07, 6.45) is -4.61. The predicted octanol–water partition coefficient (Wildman–Crippen LogP) is 4.52. The molecule has 0 saturated carbocycles. The number of amidine groups is 1. The Hall–Kier alpha value is -4.05. The molecule has 37 heavy (non-hydrogen) atoms. The number of carbonyl (C=O) groups is 2. The van der Waals surface area contributed by atoms with Gasteiger partial charge in [-0.15, -0.1) is 0 Å². The van der Waals surface area contributed by atoms with Gasteiger partial charge in [0.15, 0.2) is 0 Å². The highest BCUT2D eigenvalue weighted by atomic mass is 19.4. The van der Waals surface area contributed by atoms with Crippen molar-refractivity contribution in [2.75, 3.05) is 18.5 Å². The van der Waals surface area contributed by atoms with Gasteiger partial charge < -0.3 is 14.8 Å². The van der Waals surface area contributed by atoms with Crippen LogP contribution in [0.1, 0.15) is 48.4 Å². The van der Waals surface area contributed by atoms with Crippen LogP contribution in [0.2, 0.25) is 0 Å². The number of amides is 2. The molecule has 0 spiro atoms. The number of anilines is 1. The molecule has 9 nitrogen and oxygen atoms in total. The van der Waals surface area contributed by atoms with Crippen molar-refractivity contribution in [1.29, 1.82) is 5.26 Å². The Morgan fingerprint density at radius 3 is 2.49 bits per heavy atom. The van der Waals surface area contributed by atoms with Crippen molar-refractivity contribution in [2.24, 2.45) is 10.9 Å². The standard InChI is InChI=1S/C24H23F4N5O4/c1-23(2,3)37-22(35)33-19-12-36-11-16(24(26,27)28)20(32-19)15-8-14(5-6-17(15)25)31-21(34)18-7-4-13(9-29)10-30-18/h4-8,10,16,20H,11-12H2,1-3H3,(H,31,34)(H,32,33,35). The highest BCUT2D eigenvalue weighted by Gasteiger charge is 2.47.